The van der Waals surface area contributed by atoms with E-state index in [0.717, 1.165) is 7.11 Å². The summed E-state index contributed by atoms with van der Waals surface area (Å²) in [6, 6.07) is 13.5. The third-order valence-corrected chi connectivity index (χ3v) is 4.46. The number of methoxy groups -OCH3 is 1. The van der Waals surface area contributed by atoms with Crippen molar-refractivity contribution in [1.29, 1.82) is 0 Å². The maximum Gasteiger partial charge on any atom is 0.413 e. The fraction of sp³-hybridized carbons (Fsp3) is 0.182. The summed E-state index contributed by atoms with van der Waals surface area (Å²) in [7, 11) is 1.10. The first-order valence-corrected chi connectivity index (χ1v) is 9.05. The number of para-hydroxylation sites is 1. The molecule has 30 heavy (non-hydrogen) atoms. The van der Waals surface area contributed by atoms with Crippen molar-refractivity contribution < 1.29 is 28.3 Å². The molecule has 0 saturated heterocycles. The summed E-state index contributed by atoms with van der Waals surface area (Å²) in [4.78, 5) is 48.6. The Morgan fingerprint density at radius 2 is 1.73 bits per heavy atom. The van der Waals surface area contributed by atoms with Crippen LogP contribution >= 0.6 is 0 Å². The van der Waals surface area contributed by atoms with Crippen molar-refractivity contribution in [2.75, 3.05) is 7.11 Å². The molecule has 1 aromatic heterocycles. The summed E-state index contributed by atoms with van der Waals surface area (Å²) >= 11 is 0. The van der Waals surface area contributed by atoms with E-state index in [0.29, 0.717) is 16.9 Å². The number of imide groups is 1. The van der Waals surface area contributed by atoms with Gasteiger partial charge in [-0.2, -0.15) is 0 Å². The predicted octanol–water partition coefficient (Wildman–Crippen LogP) is 3.20. The molecule has 0 radical (unpaired) electrons. The fourth-order valence-corrected chi connectivity index (χ4v) is 2.87. The Hall–Kier alpha value is -3.94. The van der Waals surface area contributed by atoms with Gasteiger partial charge in [0, 0.05) is 11.1 Å². The second kappa shape index (κ2) is 8.60. The zero-order chi connectivity index (χ0) is 21.8. The molecule has 0 aliphatic heterocycles. The van der Waals surface area contributed by atoms with Gasteiger partial charge in [0.2, 0.25) is 0 Å². The van der Waals surface area contributed by atoms with Crippen LogP contribution in [0.3, 0.4) is 0 Å². The van der Waals surface area contributed by atoms with E-state index in [1.54, 1.807) is 37.3 Å². The highest BCUT2D eigenvalue weighted by molar-refractivity contribution is 6.03. The minimum atomic E-state index is -1.28. The second-order valence-electron chi connectivity index (χ2n) is 6.46. The van der Waals surface area contributed by atoms with E-state index in [9.17, 15) is 19.2 Å². The molecule has 0 unspecified atom stereocenters. The third-order valence-electron chi connectivity index (χ3n) is 4.46. The number of hydrogen-bond acceptors (Lipinski definition) is 7. The van der Waals surface area contributed by atoms with E-state index < -0.39 is 24.1 Å². The van der Waals surface area contributed by atoms with Crippen LogP contribution in [0.4, 0.5) is 4.79 Å². The van der Waals surface area contributed by atoms with Gasteiger partial charge in [0.05, 0.1) is 12.5 Å². The summed E-state index contributed by atoms with van der Waals surface area (Å²) in [5, 5.41) is 2.14. The van der Waals surface area contributed by atoms with Crippen molar-refractivity contribution in [2.24, 2.45) is 0 Å². The van der Waals surface area contributed by atoms with Gasteiger partial charge in [-0.15, -0.1) is 0 Å². The Labute approximate surface area is 171 Å². The topological polar surface area (TPSA) is 112 Å². The first kappa shape index (κ1) is 20.8. The summed E-state index contributed by atoms with van der Waals surface area (Å²) in [5.74, 6) is -1.39. The second-order valence-corrected chi connectivity index (χ2v) is 6.46. The zero-order valence-electron chi connectivity index (χ0n) is 16.6. The fourth-order valence-electron chi connectivity index (χ4n) is 2.87. The van der Waals surface area contributed by atoms with Crippen LogP contribution in [0.25, 0.3) is 22.3 Å². The van der Waals surface area contributed by atoms with Crippen LogP contribution in [0, 0.1) is 6.92 Å². The molecule has 2 amide bonds. The number of fused-ring (bicyclic) bond motifs is 1. The lowest BCUT2D eigenvalue weighted by Gasteiger charge is -2.14. The minimum Gasteiger partial charge on any atom is -0.455 e. The molecular formula is C22H19NO7. The van der Waals surface area contributed by atoms with Crippen LogP contribution < -0.4 is 10.7 Å². The molecule has 154 valence electrons. The van der Waals surface area contributed by atoms with Gasteiger partial charge in [-0.1, -0.05) is 36.4 Å². The van der Waals surface area contributed by atoms with Gasteiger partial charge in [0.25, 0.3) is 5.91 Å². The number of alkyl carbamates (subject to hydrolysis) is 1. The summed E-state index contributed by atoms with van der Waals surface area (Å²) < 4.78 is 15.4. The molecule has 0 fully saturated rings. The van der Waals surface area contributed by atoms with E-state index in [2.05, 4.69) is 4.74 Å². The molecule has 0 bridgehead atoms. The monoisotopic (exact) mass is 409 g/mol. The normalized spacial score (nSPS) is 11.6. The largest absolute Gasteiger partial charge is 0.455 e. The van der Waals surface area contributed by atoms with Crippen molar-refractivity contribution in [1.82, 2.24) is 5.32 Å². The molecule has 1 N–H and O–H groups in total. The number of esters is 1. The van der Waals surface area contributed by atoms with Crippen LogP contribution in [0.1, 0.15) is 22.8 Å². The van der Waals surface area contributed by atoms with Gasteiger partial charge < -0.3 is 13.9 Å². The lowest BCUT2D eigenvalue weighted by atomic mass is 10.0. The third kappa shape index (κ3) is 4.07. The number of hydrogen-bond donors (Lipinski definition) is 1. The van der Waals surface area contributed by atoms with E-state index in [4.69, 9.17) is 9.15 Å². The smallest absolute Gasteiger partial charge is 0.413 e. The Bertz CT molecular complexity index is 1180. The van der Waals surface area contributed by atoms with Gasteiger partial charge in [0.15, 0.2) is 17.1 Å². The molecule has 0 aliphatic carbocycles. The van der Waals surface area contributed by atoms with Crippen molar-refractivity contribution in [3.05, 3.63) is 69.9 Å². The van der Waals surface area contributed by atoms with Gasteiger partial charge in [-0.05, 0) is 26.0 Å². The van der Waals surface area contributed by atoms with Crippen molar-refractivity contribution >= 4 is 28.9 Å². The molecule has 8 nitrogen and oxygen atoms in total. The SMILES string of the molecule is COC(=O)NC(=O)[C@@H](C)OC(=O)c1cccc2c(=O)c(C)c(-c3ccccc3)oc12. The molecule has 0 spiro atoms. The van der Waals surface area contributed by atoms with Crippen LogP contribution in [-0.2, 0) is 14.3 Å². The van der Waals surface area contributed by atoms with Gasteiger partial charge >= 0.3 is 12.1 Å². The maximum atomic E-state index is 12.9. The number of nitrogens with one attached hydrogen (secondary N) is 1. The van der Waals surface area contributed by atoms with Crippen molar-refractivity contribution in [3.63, 3.8) is 0 Å². The van der Waals surface area contributed by atoms with Gasteiger partial charge in [-0.3, -0.25) is 14.9 Å². The van der Waals surface area contributed by atoms with Crippen molar-refractivity contribution in [2.45, 2.75) is 20.0 Å². The standard InChI is InChI=1S/C22H19NO7/c1-12-17(24)15-10-7-11-16(19(15)30-18(12)14-8-5-4-6-9-14)21(26)29-13(2)20(25)23-22(27)28-3/h4-11,13H,1-3H3,(H,23,25,27)/t13-/m1/s1. The molecule has 1 atom stereocenters. The highest BCUT2D eigenvalue weighted by Gasteiger charge is 2.24. The molecule has 8 heteroatoms. The molecule has 1 heterocycles. The lowest BCUT2D eigenvalue weighted by Crippen LogP contribution is -2.39. The minimum absolute atomic E-state index is 0.0144. The number of amides is 2. The Morgan fingerprint density at radius 3 is 2.40 bits per heavy atom. The Morgan fingerprint density at radius 1 is 1.03 bits per heavy atom. The van der Waals surface area contributed by atoms with Crippen LogP contribution in [0.15, 0.2) is 57.7 Å². The van der Waals surface area contributed by atoms with Gasteiger partial charge in [0.1, 0.15) is 11.3 Å². The first-order chi connectivity index (χ1) is 14.3. The zero-order valence-corrected chi connectivity index (χ0v) is 16.6. The maximum absolute atomic E-state index is 12.9. The first-order valence-electron chi connectivity index (χ1n) is 9.05. The van der Waals surface area contributed by atoms with Crippen LogP contribution in [0.5, 0.6) is 0 Å². The highest BCUT2D eigenvalue weighted by atomic mass is 16.6. The predicted molar refractivity (Wildman–Crippen MR) is 108 cm³/mol. The van der Waals surface area contributed by atoms with E-state index >= 15 is 0 Å². The van der Waals surface area contributed by atoms with E-state index in [1.807, 2.05) is 11.4 Å². The Balaban J connectivity index is 2.01. The molecular weight excluding hydrogens is 390 g/mol. The number of ether oxygens (including phenoxy) is 2. The Kier molecular flexibility index (Phi) is 5.96. The van der Waals surface area contributed by atoms with E-state index in [1.165, 1.54) is 19.1 Å². The number of carbonyl (C=O) groups is 3. The summed E-state index contributed by atoms with van der Waals surface area (Å²) in [6.45, 7) is 2.95. The number of carbonyl (C=O) groups excluding carboxylic acids is 3. The molecule has 2 aromatic carbocycles. The van der Waals surface area contributed by atoms with Crippen LogP contribution in [0.2, 0.25) is 0 Å². The highest BCUT2D eigenvalue weighted by Crippen LogP contribution is 2.27. The van der Waals surface area contributed by atoms with Gasteiger partial charge in [-0.25, -0.2) is 9.59 Å². The summed E-state index contributed by atoms with van der Waals surface area (Å²) in [5.41, 5.74) is 0.853. The number of benzene rings is 2. The number of rotatable bonds is 4. The van der Waals surface area contributed by atoms with Crippen molar-refractivity contribution in [3.8, 4) is 11.3 Å². The molecule has 3 rings (SSSR count). The molecule has 0 saturated carbocycles. The van der Waals surface area contributed by atoms with Crippen LogP contribution in [-0.4, -0.2) is 31.2 Å². The quantitative estimate of drug-likeness (QED) is 0.659. The summed E-state index contributed by atoms with van der Waals surface area (Å²) in [6.07, 6.45) is -2.25. The molecule has 0 aliphatic rings. The average Bonchev–Trinajstić information content (AvgIpc) is 2.76. The lowest BCUT2D eigenvalue weighted by molar-refractivity contribution is -0.128. The van der Waals surface area contributed by atoms with E-state index in [-0.39, 0.29) is 22.0 Å². The average molecular weight is 409 g/mol. The molecule has 3 aromatic rings.